The number of benzene rings is 2. The minimum absolute atomic E-state index is 0.132. The lowest BCUT2D eigenvalue weighted by Gasteiger charge is -2.26. The Morgan fingerprint density at radius 1 is 1.20 bits per heavy atom. The van der Waals surface area contributed by atoms with Gasteiger partial charge in [0, 0.05) is 10.4 Å². The van der Waals surface area contributed by atoms with Crippen molar-refractivity contribution >= 4 is 44.1 Å². The smallest absolute Gasteiger partial charge is 0.307 e. The van der Waals surface area contributed by atoms with E-state index in [4.69, 9.17) is 9.84 Å². The molecule has 11 nitrogen and oxygen atoms in total. The largest absolute Gasteiger partial charge is 0.490 e. The van der Waals surface area contributed by atoms with Gasteiger partial charge in [-0.1, -0.05) is 23.5 Å². The van der Waals surface area contributed by atoms with Gasteiger partial charge in [-0.15, -0.1) is 10.2 Å². The highest BCUT2D eigenvalue weighted by atomic mass is 32.2. The Morgan fingerprint density at radius 2 is 1.91 bits per heavy atom. The quantitative estimate of drug-likeness (QED) is 0.380. The van der Waals surface area contributed by atoms with E-state index in [1.807, 2.05) is 19.9 Å². The number of ether oxygens (including phenoxy) is 1. The summed E-state index contributed by atoms with van der Waals surface area (Å²) in [7, 11) is -4.33. The summed E-state index contributed by atoms with van der Waals surface area (Å²) in [4.78, 5) is 16.3. The molecule has 4 rings (SSSR count). The first-order valence-electron chi connectivity index (χ1n) is 10.5. The van der Waals surface area contributed by atoms with Gasteiger partial charge in [-0.2, -0.15) is 13.5 Å². The van der Waals surface area contributed by atoms with Crippen LogP contribution in [0.1, 0.15) is 29.5 Å². The van der Waals surface area contributed by atoms with Crippen LogP contribution in [0.3, 0.4) is 0 Å². The van der Waals surface area contributed by atoms with Gasteiger partial charge in [-0.3, -0.25) is 14.8 Å². The second-order valence-electron chi connectivity index (χ2n) is 7.82. The number of carbonyl (C=O) groups is 1. The molecule has 0 saturated heterocycles. The van der Waals surface area contributed by atoms with Crippen LogP contribution in [-0.2, 0) is 14.9 Å². The van der Waals surface area contributed by atoms with Crippen LogP contribution in [0.2, 0.25) is 0 Å². The molecule has 1 aliphatic rings. The first-order chi connectivity index (χ1) is 16.5. The molecule has 1 aliphatic heterocycles. The second kappa shape index (κ2) is 9.52. The lowest BCUT2D eigenvalue weighted by atomic mass is 10.2. The van der Waals surface area contributed by atoms with Gasteiger partial charge < -0.3 is 9.84 Å². The van der Waals surface area contributed by atoms with Crippen molar-refractivity contribution < 1.29 is 27.6 Å². The summed E-state index contributed by atoms with van der Waals surface area (Å²) in [5.41, 5.74) is 5.27. The molecule has 0 amide bonds. The Balaban J connectivity index is 1.67. The number of carboxylic acids is 1. The molecule has 184 valence electrons. The van der Waals surface area contributed by atoms with Gasteiger partial charge in [0.05, 0.1) is 22.7 Å². The number of nitrogens with zero attached hydrogens (tertiary/aromatic N) is 4. The zero-order chi connectivity index (χ0) is 25.3. The summed E-state index contributed by atoms with van der Waals surface area (Å²) in [5.74, 6) is 0.00529. The Hall–Kier alpha value is -3.68. The number of hydrogen-bond donors (Lipinski definition) is 3. The Morgan fingerprint density at radius 3 is 2.51 bits per heavy atom. The SMILES string of the molecule is Cc1nc(N2N=C(c3cccc(OC(C)CC(=O)O)c3)NN2c2ccc(S(=O)(=O)O)cc2)sc1C. The summed E-state index contributed by atoms with van der Waals surface area (Å²) in [6, 6.07) is 12.7. The van der Waals surface area contributed by atoms with Gasteiger partial charge in [-0.25, -0.2) is 4.98 Å². The molecular weight excluding hydrogens is 494 g/mol. The summed E-state index contributed by atoms with van der Waals surface area (Å²) in [6.07, 6.45) is -0.649. The van der Waals surface area contributed by atoms with Crippen LogP contribution in [-0.4, -0.2) is 41.0 Å². The molecule has 13 heteroatoms. The molecule has 0 saturated carbocycles. The van der Waals surface area contributed by atoms with Gasteiger partial charge in [0.25, 0.3) is 10.1 Å². The van der Waals surface area contributed by atoms with Crippen molar-refractivity contribution in [2.24, 2.45) is 5.10 Å². The van der Waals surface area contributed by atoms with E-state index in [0.29, 0.717) is 28.0 Å². The maximum Gasteiger partial charge on any atom is 0.307 e. The summed E-state index contributed by atoms with van der Waals surface area (Å²) in [5, 5.41) is 17.4. The summed E-state index contributed by atoms with van der Waals surface area (Å²) >= 11 is 1.44. The average Bonchev–Trinajstić information content (AvgIpc) is 3.36. The predicted octanol–water partition coefficient (Wildman–Crippen LogP) is 3.36. The van der Waals surface area contributed by atoms with Crippen molar-refractivity contribution in [1.29, 1.82) is 0 Å². The number of nitrogens with one attached hydrogen (secondary N) is 1. The standard InChI is InChI=1S/C22H23N5O6S2/c1-13(11-20(28)29)33-18-6-4-5-16(12-18)21-24-26(17-7-9-19(10-8-17)35(30,31)32)27(25-21)22-23-14(2)15(3)34-22/h4-10,12-13H,11H2,1-3H3,(H,24,25)(H,28,29)(H,30,31,32). The number of aryl methyl sites for hydroxylation is 2. The number of hydrogen-bond acceptors (Lipinski definition) is 10. The zero-order valence-electron chi connectivity index (χ0n) is 19.0. The summed E-state index contributed by atoms with van der Waals surface area (Å²) < 4.78 is 37.9. The van der Waals surface area contributed by atoms with Crippen molar-refractivity contribution in [3.8, 4) is 5.75 Å². The van der Waals surface area contributed by atoms with E-state index in [1.165, 1.54) is 35.6 Å². The molecule has 3 N–H and O–H groups in total. The highest BCUT2D eigenvalue weighted by Crippen LogP contribution is 2.31. The van der Waals surface area contributed by atoms with Crippen molar-refractivity contribution in [3.05, 3.63) is 64.7 Å². The molecule has 1 aromatic heterocycles. The molecule has 2 heterocycles. The van der Waals surface area contributed by atoms with E-state index in [0.717, 1.165) is 10.6 Å². The zero-order valence-corrected chi connectivity index (χ0v) is 20.7. The molecule has 0 bridgehead atoms. The number of rotatable bonds is 8. The molecule has 0 spiro atoms. The fraction of sp³-hybridized carbons (Fsp3) is 0.227. The Bertz CT molecular complexity index is 1370. The minimum Gasteiger partial charge on any atom is -0.490 e. The van der Waals surface area contributed by atoms with Gasteiger partial charge in [0.2, 0.25) is 5.13 Å². The van der Waals surface area contributed by atoms with E-state index < -0.39 is 22.2 Å². The maximum atomic E-state index is 11.4. The van der Waals surface area contributed by atoms with Crippen LogP contribution < -0.4 is 20.4 Å². The lowest BCUT2D eigenvalue weighted by molar-refractivity contribution is -0.138. The highest BCUT2D eigenvalue weighted by Gasteiger charge is 2.29. The third-order valence-electron chi connectivity index (χ3n) is 5.07. The number of hydrazine groups is 2. The van der Waals surface area contributed by atoms with Crippen LogP contribution in [0, 0.1) is 13.8 Å². The van der Waals surface area contributed by atoms with Crippen LogP contribution in [0.5, 0.6) is 5.75 Å². The molecule has 35 heavy (non-hydrogen) atoms. The minimum atomic E-state index is -4.33. The molecule has 0 radical (unpaired) electrons. The fourth-order valence-corrected chi connectivity index (χ4v) is 4.61. The molecular formula is C22H23N5O6S2. The van der Waals surface area contributed by atoms with E-state index in [1.54, 1.807) is 35.4 Å². The van der Waals surface area contributed by atoms with Crippen LogP contribution >= 0.6 is 11.3 Å². The lowest BCUT2D eigenvalue weighted by Crippen LogP contribution is -2.44. The number of aliphatic carboxylic acids is 1. The first-order valence-corrected chi connectivity index (χ1v) is 12.7. The number of anilines is 2. The van der Waals surface area contributed by atoms with E-state index in [9.17, 15) is 17.8 Å². The monoisotopic (exact) mass is 517 g/mol. The van der Waals surface area contributed by atoms with Gasteiger partial charge in [-0.05, 0) is 57.2 Å². The van der Waals surface area contributed by atoms with E-state index in [-0.39, 0.29) is 11.3 Å². The van der Waals surface area contributed by atoms with Crippen molar-refractivity contribution in [2.75, 3.05) is 10.2 Å². The molecule has 0 fully saturated rings. The summed E-state index contributed by atoms with van der Waals surface area (Å²) in [6.45, 7) is 5.53. The van der Waals surface area contributed by atoms with E-state index in [2.05, 4.69) is 15.5 Å². The molecule has 1 unspecified atom stereocenters. The van der Waals surface area contributed by atoms with E-state index >= 15 is 0 Å². The van der Waals surface area contributed by atoms with Crippen molar-refractivity contribution in [2.45, 2.75) is 38.2 Å². The maximum absolute atomic E-state index is 11.4. The normalized spacial score (nSPS) is 14.5. The predicted molar refractivity (Wildman–Crippen MR) is 131 cm³/mol. The molecule has 2 aromatic carbocycles. The fourth-order valence-electron chi connectivity index (χ4n) is 3.27. The number of carboxylic acid groups (broad SMARTS) is 1. The van der Waals surface area contributed by atoms with Gasteiger partial charge >= 0.3 is 5.97 Å². The first kappa shape index (κ1) is 24.4. The van der Waals surface area contributed by atoms with Crippen LogP contribution in [0.25, 0.3) is 0 Å². The third-order valence-corrected chi connectivity index (χ3v) is 6.98. The third kappa shape index (κ3) is 5.53. The molecule has 3 aromatic rings. The number of thiazole rings is 1. The van der Waals surface area contributed by atoms with Gasteiger partial charge in [0.15, 0.2) is 5.84 Å². The van der Waals surface area contributed by atoms with Gasteiger partial charge in [0.1, 0.15) is 11.9 Å². The van der Waals surface area contributed by atoms with Crippen LogP contribution in [0.4, 0.5) is 10.8 Å². The Kier molecular flexibility index (Phi) is 6.65. The second-order valence-corrected chi connectivity index (χ2v) is 10.4. The Labute approximate surface area is 206 Å². The average molecular weight is 518 g/mol. The highest BCUT2D eigenvalue weighted by molar-refractivity contribution is 7.85. The molecule has 0 aliphatic carbocycles. The van der Waals surface area contributed by atoms with Crippen molar-refractivity contribution in [3.63, 3.8) is 0 Å². The number of amidine groups is 1. The van der Waals surface area contributed by atoms with Crippen LogP contribution in [0.15, 0.2) is 58.5 Å². The number of aromatic nitrogens is 1. The topological polar surface area (TPSA) is 145 Å². The van der Waals surface area contributed by atoms with Crippen molar-refractivity contribution in [1.82, 2.24) is 10.4 Å². The molecule has 1 atom stereocenters. The number of hydrazone groups is 1.